The van der Waals surface area contributed by atoms with Crippen molar-refractivity contribution in [3.63, 3.8) is 0 Å². The number of nitrogens with zero attached hydrogens (tertiary/aromatic N) is 1. The third-order valence-corrected chi connectivity index (χ3v) is 4.05. The van der Waals surface area contributed by atoms with Crippen LogP contribution in [0.15, 0.2) is 35.6 Å². The standard InChI is InChI=1S/C17H21N3O/c21-17(20-19-14-7-3-1-2-4-8-14)11-13-12-18-16-10-6-5-9-15(13)16/h5-6,9-10,12,18H,1-4,7-8,11H2,(H,20,21). The van der Waals surface area contributed by atoms with Gasteiger partial charge in [-0.3, -0.25) is 4.79 Å². The van der Waals surface area contributed by atoms with Crippen molar-refractivity contribution < 1.29 is 4.79 Å². The van der Waals surface area contributed by atoms with E-state index in [-0.39, 0.29) is 5.91 Å². The fourth-order valence-electron chi connectivity index (χ4n) is 2.88. The van der Waals surface area contributed by atoms with Crippen molar-refractivity contribution in [2.45, 2.75) is 44.9 Å². The molecule has 2 aromatic rings. The van der Waals surface area contributed by atoms with Gasteiger partial charge >= 0.3 is 0 Å². The summed E-state index contributed by atoms with van der Waals surface area (Å²) in [7, 11) is 0. The Morgan fingerprint density at radius 3 is 2.71 bits per heavy atom. The monoisotopic (exact) mass is 283 g/mol. The summed E-state index contributed by atoms with van der Waals surface area (Å²) in [5.74, 6) is -0.0449. The Morgan fingerprint density at radius 2 is 1.90 bits per heavy atom. The van der Waals surface area contributed by atoms with Gasteiger partial charge in [0.25, 0.3) is 0 Å². The van der Waals surface area contributed by atoms with Gasteiger partial charge in [-0.25, -0.2) is 5.43 Å². The highest BCUT2D eigenvalue weighted by atomic mass is 16.2. The Bertz CT molecular complexity index is 647. The molecule has 2 N–H and O–H groups in total. The van der Waals surface area contributed by atoms with Crippen molar-refractivity contribution in [2.75, 3.05) is 0 Å². The number of benzene rings is 1. The Morgan fingerprint density at radius 1 is 1.14 bits per heavy atom. The Kier molecular flexibility index (Phi) is 4.34. The number of para-hydroxylation sites is 1. The number of carbonyl (C=O) groups excluding carboxylic acids is 1. The third kappa shape index (κ3) is 3.51. The first-order valence-corrected chi connectivity index (χ1v) is 7.72. The number of hydrazone groups is 1. The van der Waals surface area contributed by atoms with Crippen molar-refractivity contribution in [3.8, 4) is 0 Å². The Labute approximate surface area is 124 Å². The van der Waals surface area contributed by atoms with Crippen LogP contribution in [0.4, 0.5) is 0 Å². The molecule has 0 unspecified atom stereocenters. The summed E-state index contributed by atoms with van der Waals surface area (Å²) >= 11 is 0. The van der Waals surface area contributed by atoms with E-state index in [1.54, 1.807) is 0 Å². The lowest BCUT2D eigenvalue weighted by Gasteiger charge is -2.03. The number of hydrogen-bond acceptors (Lipinski definition) is 2. The van der Waals surface area contributed by atoms with E-state index >= 15 is 0 Å². The lowest BCUT2D eigenvalue weighted by molar-refractivity contribution is -0.120. The van der Waals surface area contributed by atoms with Gasteiger partial charge in [0.1, 0.15) is 0 Å². The first-order valence-electron chi connectivity index (χ1n) is 7.72. The molecule has 4 heteroatoms. The zero-order valence-corrected chi connectivity index (χ0v) is 12.2. The Hall–Kier alpha value is -2.10. The first kappa shape index (κ1) is 13.9. The molecule has 1 fully saturated rings. The normalized spacial score (nSPS) is 15.7. The van der Waals surface area contributed by atoms with Crippen molar-refractivity contribution in [2.24, 2.45) is 5.10 Å². The highest BCUT2D eigenvalue weighted by Crippen LogP contribution is 2.18. The van der Waals surface area contributed by atoms with Gasteiger partial charge in [0.05, 0.1) is 6.42 Å². The molecular formula is C17H21N3O. The average Bonchev–Trinajstić information content (AvgIpc) is 2.73. The molecule has 1 saturated carbocycles. The molecule has 1 aromatic heterocycles. The molecule has 110 valence electrons. The molecule has 1 aromatic carbocycles. The summed E-state index contributed by atoms with van der Waals surface area (Å²) in [6.45, 7) is 0. The van der Waals surface area contributed by atoms with E-state index in [0.717, 1.165) is 35.0 Å². The lowest BCUT2D eigenvalue weighted by atomic mass is 10.1. The number of fused-ring (bicyclic) bond motifs is 1. The van der Waals surface area contributed by atoms with Gasteiger partial charge in [0, 0.05) is 22.8 Å². The van der Waals surface area contributed by atoms with Gasteiger partial charge < -0.3 is 4.98 Å². The van der Waals surface area contributed by atoms with Crippen LogP contribution in [0.25, 0.3) is 10.9 Å². The maximum absolute atomic E-state index is 12.1. The minimum absolute atomic E-state index is 0.0449. The number of rotatable bonds is 3. The van der Waals surface area contributed by atoms with Gasteiger partial charge in [-0.15, -0.1) is 0 Å². The zero-order chi connectivity index (χ0) is 14.5. The average molecular weight is 283 g/mol. The summed E-state index contributed by atoms with van der Waals surface area (Å²) < 4.78 is 0. The number of hydrogen-bond donors (Lipinski definition) is 2. The fourth-order valence-corrected chi connectivity index (χ4v) is 2.88. The van der Waals surface area contributed by atoms with Crippen molar-refractivity contribution >= 4 is 22.5 Å². The second kappa shape index (κ2) is 6.57. The first-order chi connectivity index (χ1) is 10.3. The molecule has 4 nitrogen and oxygen atoms in total. The number of H-pyrrole nitrogens is 1. The molecule has 1 heterocycles. The van der Waals surface area contributed by atoms with Crippen LogP contribution in [0, 0.1) is 0 Å². The van der Waals surface area contributed by atoms with E-state index in [1.165, 1.54) is 25.7 Å². The summed E-state index contributed by atoms with van der Waals surface area (Å²) in [6, 6.07) is 8.03. The molecule has 0 saturated heterocycles. The maximum Gasteiger partial charge on any atom is 0.244 e. The molecule has 0 aliphatic heterocycles. The molecule has 0 spiro atoms. The van der Waals surface area contributed by atoms with Crippen LogP contribution < -0.4 is 5.43 Å². The molecule has 0 radical (unpaired) electrons. The van der Waals surface area contributed by atoms with E-state index in [4.69, 9.17) is 0 Å². The van der Waals surface area contributed by atoms with E-state index < -0.39 is 0 Å². The molecule has 1 aliphatic rings. The highest BCUT2D eigenvalue weighted by Gasteiger charge is 2.09. The number of aromatic amines is 1. The molecule has 0 atom stereocenters. The van der Waals surface area contributed by atoms with Crippen LogP contribution >= 0.6 is 0 Å². The van der Waals surface area contributed by atoms with Crippen molar-refractivity contribution in [1.82, 2.24) is 10.4 Å². The topological polar surface area (TPSA) is 57.2 Å². The largest absolute Gasteiger partial charge is 0.361 e. The van der Waals surface area contributed by atoms with Crippen LogP contribution in [0.3, 0.4) is 0 Å². The third-order valence-electron chi connectivity index (χ3n) is 4.05. The summed E-state index contributed by atoms with van der Waals surface area (Å²) in [6.07, 6.45) is 9.25. The molecule has 1 amide bonds. The summed E-state index contributed by atoms with van der Waals surface area (Å²) in [5, 5.41) is 5.42. The van der Waals surface area contributed by atoms with Crippen LogP contribution in [0.1, 0.15) is 44.1 Å². The molecular weight excluding hydrogens is 262 g/mol. The number of aromatic nitrogens is 1. The van der Waals surface area contributed by atoms with E-state index in [0.29, 0.717) is 6.42 Å². The smallest absolute Gasteiger partial charge is 0.244 e. The molecule has 3 rings (SSSR count). The molecule has 1 aliphatic carbocycles. The number of nitrogens with one attached hydrogen (secondary N) is 2. The van der Waals surface area contributed by atoms with E-state index in [1.807, 2.05) is 30.5 Å². The van der Waals surface area contributed by atoms with Crippen LogP contribution in [0.5, 0.6) is 0 Å². The van der Waals surface area contributed by atoms with Crippen LogP contribution in [-0.4, -0.2) is 16.6 Å². The quantitative estimate of drug-likeness (QED) is 0.657. The maximum atomic E-state index is 12.1. The predicted molar refractivity (Wildman–Crippen MR) is 85.3 cm³/mol. The predicted octanol–water partition coefficient (Wildman–Crippen LogP) is 3.54. The summed E-state index contributed by atoms with van der Waals surface area (Å²) in [5.41, 5.74) is 5.94. The highest BCUT2D eigenvalue weighted by molar-refractivity contribution is 5.90. The second-order valence-electron chi connectivity index (χ2n) is 5.66. The van der Waals surface area contributed by atoms with E-state index in [9.17, 15) is 4.79 Å². The van der Waals surface area contributed by atoms with Gasteiger partial charge in [-0.2, -0.15) is 5.10 Å². The van der Waals surface area contributed by atoms with Gasteiger partial charge in [0.2, 0.25) is 5.91 Å². The number of amides is 1. The lowest BCUT2D eigenvalue weighted by Crippen LogP contribution is -2.21. The minimum Gasteiger partial charge on any atom is -0.361 e. The summed E-state index contributed by atoms with van der Waals surface area (Å²) in [4.78, 5) is 15.2. The van der Waals surface area contributed by atoms with Crippen molar-refractivity contribution in [3.05, 3.63) is 36.0 Å². The van der Waals surface area contributed by atoms with Crippen LogP contribution in [0.2, 0.25) is 0 Å². The van der Waals surface area contributed by atoms with Gasteiger partial charge in [0.15, 0.2) is 0 Å². The van der Waals surface area contributed by atoms with Crippen molar-refractivity contribution in [1.29, 1.82) is 0 Å². The zero-order valence-electron chi connectivity index (χ0n) is 12.2. The van der Waals surface area contributed by atoms with Gasteiger partial charge in [-0.05, 0) is 37.3 Å². The fraction of sp³-hybridized carbons (Fsp3) is 0.412. The van der Waals surface area contributed by atoms with Crippen LogP contribution in [-0.2, 0) is 11.2 Å². The second-order valence-corrected chi connectivity index (χ2v) is 5.66. The number of carbonyl (C=O) groups is 1. The SMILES string of the molecule is O=C(Cc1c[nH]c2ccccc12)NN=C1CCCCCC1. The Balaban J connectivity index is 1.62. The van der Waals surface area contributed by atoms with Gasteiger partial charge in [-0.1, -0.05) is 31.0 Å². The minimum atomic E-state index is -0.0449. The molecule has 0 bridgehead atoms. The van der Waals surface area contributed by atoms with E-state index in [2.05, 4.69) is 15.5 Å². The molecule has 21 heavy (non-hydrogen) atoms.